The molecule has 25 heavy (non-hydrogen) atoms. The first-order valence-electron chi connectivity index (χ1n) is 7.51. The SMILES string of the molecule is CC[C@@H](NC(=O)c1ccc([N+](=O)[O-])cc1)c1ccccc1OC(F)F. The number of carbonyl (C=O) groups is 1. The summed E-state index contributed by atoms with van der Waals surface area (Å²) in [5.74, 6) is -0.470. The Morgan fingerprint density at radius 2 is 1.84 bits per heavy atom. The molecule has 8 heteroatoms. The number of nitrogens with zero attached hydrogens (tertiary/aromatic N) is 1. The molecule has 2 aromatic carbocycles. The minimum atomic E-state index is -2.97. The average Bonchev–Trinajstić information content (AvgIpc) is 2.59. The molecule has 1 N–H and O–H groups in total. The highest BCUT2D eigenvalue weighted by Gasteiger charge is 2.19. The van der Waals surface area contributed by atoms with E-state index in [4.69, 9.17) is 0 Å². The van der Waals surface area contributed by atoms with Crippen molar-refractivity contribution in [1.82, 2.24) is 5.32 Å². The number of halogens is 2. The summed E-state index contributed by atoms with van der Waals surface area (Å²) in [5.41, 5.74) is 0.538. The van der Waals surface area contributed by atoms with Crippen LogP contribution >= 0.6 is 0 Å². The lowest BCUT2D eigenvalue weighted by Crippen LogP contribution is -2.28. The third-order valence-corrected chi connectivity index (χ3v) is 3.56. The number of nitro groups is 1. The van der Waals surface area contributed by atoms with Gasteiger partial charge in [0, 0.05) is 23.3 Å². The maximum atomic E-state index is 12.5. The summed E-state index contributed by atoms with van der Waals surface area (Å²) < 4.78 is 29.6. The van der Waals surface area contributed by atoms with Gasteiger partial charge in [-0.2, -0.15) is 8.78 Å². The fourth-order valence-electron chi connectivity index (χ4n) is 2.35. The molecule has 1 amide bonds. The van der Waals surface area contributed by atoms with Crippen LogP contribution in [-0.4, -0.2) is 17.4 Å². The average molecular weight is 350 g/mol. The van der Waals surface area contributed by atoms with Gasteiger partial charge in [-0.25, -0.2) is 0 Å². The van der Waals surface area contributed by atoms with Crippen molar-refractivity contribution < 1.29 is 23.2 Å². The monoisotopic (exact) mass is 350 g/mol. The zero-order valence-corrected chi connectivity index (χ0v) is 13.3. The van der Waals surface area contributed by atoms with E-state index in [2.05, 4.69) is 10.1 Å². The van der Waals surface area contributed by atoms with Crippen LogP contribution in [0.25, 0.3) is 0 Å². The Morgan fingerprint density at radius 3 is 2.40 bits per heavy atom. The summed E-state index contributed by atoms with van der Waals surface area (Å²) in [6.45, 7) is -1.18. The molecule has 0 aromatic heterocycles. The molecule has 2 rings (SSSR count). The normalized spacial score (nSPS) is 11.8. The molecular formula is C17H16F2N2O4. The fourth-order valence-corrected chi connectivity index (χ4v) is 2.35. The largest absolute Gasteiger partial charge is 0.434 e. The van der Waals surface area contributed by atoms with E-state index in [1.807, 2.05) is 0 Å². The standard InChI is InChI=1S/C17H16F2N2O4/c1-2-14(13-5-3-4-6-15(13)25-17(18)19)20-16(22)11-7-9-12(10-8-11)21(23)24/h3-10,14,17H,2H2,1H3,(H,20,22)/t14-/m1/s1. The Bertz CT molecular complexity index is 751. The summed E-state index contributed by atoms with van der Waals surface area (Å²) in [6.07, 6.45) is 0.447. The smallest absolute Gasteiger partial charge is 0.387 e. The van der Waals surface area contributed by atoms with Crippen molar-refractivity contribution >= 4 is 11.6 Å². The van der Waals surface area contributed by atoms with Gasteiger partial charge in [0.1, 0.15) is 5.75 Å². The Balaban J connectivity index is 2.19. The minimum Gasteiger partial charge on any atom is -0.434 e. The zero-order valence-electron chi connectivity index (χ0n) is 13.3. The van der Waals surface area contributed by atoms with Gasteiger partial charge in [0.2, 0.25) is 0 Å². The second-order valence-corrected chi connectivity index (χ2v) is 5.15. The number of non-ortho nitro benzene ring substituents is 1. The number of nitro benzene ring substituents is 1. The predicted molar refractivity (Wildman–Crippen MR) is 86.7 cm³/mol. The molecule has 6 nitrogen and oxygen atoms in total. The van der Waals surface area contributed by atoms with Gasteiger partial charge in [-0.05, 0) is 24.6 Å². The first kappa shape index (κ1) is 18.3. The molecule has 0 unspecified atom stereocenters. The lowest BCUT2D eigenvalue weighted by Gasteiger charge is -2.20. The quantitative estimate of drug-likeness (QED) is 0.603. The van der Waals surface area contributed by atoms with Crippen LogP contribution in [-0.2, 0) is 0 Å². The molecule has 0 aliphatic rings. The second-order valence-electron chi connectivity index (χ2n) is 5.15. The second kappa shape index (κ2) is 8.18. The molecule has 0 heterocycles. The highest BCUT2D eigenvalue weighted by atomic mass is 19.3. The van der Waals surface area contributed by atoms with Crippen LogP contribution in [0.4, 0.5) is 14.5 Å². The minimum absolute atomic E-state index is 0.00616. The molecule has 0 spiro atoms. The molecule has 0 aliphatic carbocycles. The van der Waals surface area contributed by atoms with Gasteiger partial charge >= 0.3 is 6.61 Å². The Kier molecular flexibility index (Phi) is 5.99. The van der Waals surface area contributed by atoms with Crippen LogP contribution in [0, 0.1) is 10.1 Å². The predicted octanol–water partition coefficient (Wildman–Crippen LogP) is 4.08. The van der Waals surface area contributed by atoms with E-state index in [0.29, 0.717) is 12.0 Å². The third kappa shape index (κ3) is 4.72. The van der Waals surface area contributed by atoms with Crippen LogP contribution in [0.2, 0.25) is 0 Å². The molecule has 0 saturated carbocycles. The molecule has 0 saturated heterocycles. The zero-order chi connectivity index (χ0) is 18.4. The van der Waals surface area contributed by atoms with Crippen LogP contribution in [0.5, 0.6) is 5.75 Å². The third-order valence-electron chi connectivity index (χ3n) is 3.56. The number of amides is 1. The van der Waals surface area contributed by atoms with Crippen LogP contribution in [0.3, 0.4) is 0 Å². The first-order valence-corrected chi connectivity index (χ1v) is 7.51. The Morgan fingerprint density at radius 1 is 1.20 bits per heavy atom. The number of benzene rings is 2. The van der Waals surface area contributed by atoms with Gasteiger partial charge in [-0.3, -0.25) is 14.9 Å². The van der Waals surface area contributed by atoms with E-state index in [-0.39, 0.29) is 17.0 Å². The molecule has 1 atom stereocenters. The first-order chi connectivity index (χ1) is 11.9. The maximum absolute atomic E-state index is 12.5. The number of hydrogen-bond donors (Lipinski definition) is 1. The molecule has 0 bridgehead atoms. The van der Waals surface area contributed by atoms with E-state index in [1.165, 1.54) is 30.3 Å². The Hall–Kier alpha value is -3.03. The van der Waals surface area contributed by atoms with Crippen molar-refractivity contribution in [2.75, 3.05) is 0 Å². The molecule has 132 valence electrons. The number of nitrogens with one attached hydrogen (secondary N) is 1. The van der Waals surface area contributed by atoms with Crippen LogP contribution < -0.4 is 10.1 Å². The lowest BCUT2D eigenvalue weighted by atomic mass is 10.0. The topological polar surface area (TPSA) is 81.5 Å². The highest BCUT2D eigenvalue weighted by molar-refractivity contribution is 5.94. The van der Waals surface area contributed by atoms with Crippen LogP contribution in [0.1, 0.15) is 35.3 Å². The van der Waals surface area contributed by atoms with Gasteiger partial charge in [0.25, 0.3) is 11.6 Å². The van der Waals surface area contributed by atoms with Gasteiger partial charge in [0.05, 0.1) is 11.0 Å². The van der Waals surface area contributed by atoms with E-state index >= 15 is 0 Å². The van der Waals surface area contributed by atoms with Gasteiger partial charge in [-0.15, -0.1) is 0 Å². The van der Waals surface area contributed by atoms with Crippen molar-refractivity contribution in [2.24, 2.45) is 0 Å². The summed E-state index contributed by atoms with van der Waals surface area (Å²) in [5, 5.41) is 13.4. The maximum Gasteiger partial charge on any atom is 0.387 e. The van der Waals surface area contributed by atoms with Gasteiger partial charge < -0.3 is 10.1 Å². The number of rotatable bonds is 7. The van der Waals surface area contributed by atoms with E-state index < -0.39 is 23.5 Å². The van der Waals surface area contributed by atoms with Crippen LogP contribution in [0.15, 0.2) is 48.5 Å². The van der Waals surface area contributed by atoms with E-state index in [1.54, 1.807) is 25.1 Å². The van der Waals surface area contributed by atoms with Gasteiger partial charge in [-0.1, -0.05) is 25.1 Å². The van der Waals surface area contributed by atoms with Crippen molar-refractivity contribution in [3.05, 3.63) is 69.8 Å². The number of ether oxygens (including phenoxy) is 1. The number of hydrogen-bond acceptors (Lipinski definition) is 4. The van der Waals surface area contributed by atoms with E-state index in [9.17, 15) is 23.7 Å². The summed E-state index contributed by atoms with van der Waals surface area (Å²) in [4.78, 5) is 22.4. The molecule has 0 aliphatic heterocycles. The number of para-hydroxylation sites is 1. The van der Waals surface area contributed by atoms with Crippen molar-refractivity contribution in [1.29, 1.82) is 0 Å². The number of alkyl halides is 2. The summed E-state index contributed by atoms with van der Waals surface area (Å²) in [7, 11) is 0. The van der Waals surface area contributed by atoms with Crippen molar-refractivity contribution in [2.45, 2.75) is 26.0 Å². The number of carbonyl (C=O) groups excluding carboxylic acids is 1. The van der Waals surface area contributed by atoms with Gasteiger partial charge in [0.15, 0.2) is 0 Å². The Labute approximate surface area is 142 Å². The van der Waals surface area contributed by atoms with Crippen molar-refractivity contribution in [3.8, 4) is 5.75 Å². The van der Waals surface area contributed by atoms with E-state index in [0.717, 1.165) is 0 Å². The molecule has 0 fully saturated rings. The molecule has 2 aromatic rings. The summed E-state index contributed by atoms with van der Waals surface area (Å²) in [6, 6.07) is 10.8. The fraction of sp³-hybridized carbons (Fsp3) is 0.235. The van der Waals surface area contributed by atoms with Crippen molar-refractivity contribution in [3.63, 3.8) is 0 Å². The molecular weight excluding hydrogens is 334 g/mol. The highest BCUT2D eigenvalue weighted by Crippen LogP contribution is 2.28. The summed E-state index contributed by atoms with van der Waals surface area (Å²) >= 11 is 0. The molecule has 0 radical (unpaired) electrons. The lowest BCUT2D eigenvalue weighted by molar-refractivity contribution is -0.384.